The van der Waals surface area contributed by atoms with E-state index in [0.717, 1.165) is 44.5 Å². The molecular weight excluding hydrogens is 232 g/mol. The second kappa shape index (κ2) is 4.68. The number of piperidine rings is 1. The van der Waals surface area contributed by atoms with E-state index in [2.05, 4.69) is 15.1 Å². The number of carbonyl (C=O) groups is 1. The van der Waals surface area contributed by atoms with Crippen molar-refractivity contribution in [1.82, 2.24) is 15.1 Å². The third-order valence-electron chi connectivity index (χ3n) is 3.69. The molecule has 1 aliphatic carbocycles. The van der Waals surface area contributed by atoms with Crippen molar-refractivity contribution in [3.8, 4) is 0 Å². The molecule has 1 amide bonds. The standard InChI is InChI=1S/C12H18N4O2/c13-11(17)9-3-1-2-6-16(9)7-10-14-15-12(18-10)8-4-5-8/h8-9H,1-7H2,(H2,13,17). The van der Waals surface area contributed by atoms with E-state index in [1.165, 1.54) is 0 Å². The summed E-state index contributed by atoms with van der Waals surface area (Å²) >= 11 is 0. The zero-order valence-electron chi connectivity index (χ0n) is 10.3. The first-order chi connectivity index (χ1) is 8.74. The highest BCUT2D eigenvalue weighted by Gasteiger charge is 2.31. The summed E-state index contributed by atoms with van der Waals surface area (Å²) in [6, 6.07) is -0.185. The van der Waals surface area contributed by atoms with E-state index in [1.54, 1.807) is 0 Å². The minimum Gasteiger partial charge on any atom is -0.424 e. The Morgan fingerprint density at radius 2 is 2.17 bits per heavy atom. The third kappa shape index (κ3) is 2.38. The van der Waals surface area contributed by atoms with Crippen LogP contribution in [0.15, 0.2) is 4.42 Å². The Morgan fingerprint density at radius 1 is 1.33 bits per heavy atom. The van der Waals surface area contributed by atoms with Crippen LogP contribution in [0.3, 0.4) is 0 Å². The van der Waals surface area contributed by atoms with Crippen LogP contribution in [0, 0.1) is 0 Å². The normalized spacial score (nSPS) is 25.2. The van der Waals surface area contributed by atoms with Gasteiger partial charge in [-0.3, -0.25) is 9.69 Å². The van der Waals surface area contributed by atoms with E-state index in [9.17, 15) is 4.79 Å². The molecule has 6 heteroatoms. The molecule has 1 saturated heterocycles. The predicted octanol–water partition coefficient (Wildman–Crippen LogP) is 0.787. The van der Waals surface area contributed by atoms with Crippen molar-refractivity contribution in [1.29, 1.82) is 0 Å². The lowest BCUT2D eigenvalue weighted by Gasteiger charge is -2.32. The fourth-order valence-corrected chi connectivity index (χ4v) is 2.50. The average molecular weight is 250 g/mol. The number of likely N-dealkylation sites (tertiary alicyclic amines) is 1. The highest BCUT2D eigenvalue weighted by atomic mass is 16.4. The summed E-state index contributed by atoms with van der Waals surface area (Å²) in [5.74, 6) is 1.57. The first kappa shape index (κ1) is 11.6. The second-order valence-electron chi connectivity index (χ2n) is 5.19. The van der Waals surface area contributed by atoms with E-state index in [4.69, 9.17) is 10.2 Å². The molecule has 0 spiro atoms. The van der Waals surface area contributed by atoms with Gasteiger partial charge in [0.2, 0.25) is 17.7 Å². The van der Waals surface area contributed by atoms with E-state index < -0.39 is 0 Å². The molecule has 2 N–H and O–H groups in total. The molecule has 0 radical (unpaired) electrons. The summed E-state index contributed by atoms with van der Waals surface area (Å²) in [6.07, 6.45) is 5.28. The molecule has 2 heterocycles. The Hall–Kier alpha value is -1.43. The van der Waals surface area contributed by atoms with Crippen LogP contribution in [0.2, 0.25) is 0 Å². The highest BCUT2D eigenvalue weighted by molar-refractivity contribution is 5.79. The van der Waals surface area contributed by atoms with Gasteiger partial charge in [0.15, 0.2) is 0 Å². The van der Waals surface area contributed by atoms with Crippen LogP contribution in [0.4, 0.5) is 0 Å². The van der Waals surface area contributed by atoms with Crippen LogP contribution < -0.4 is 5.73 Å². The Labute approximate surface area is 106 Å². The zero-order chi connectivity index (χ0) is 12.5. The molecule has 2 aliphatic rings. The maximum absolute atomic E-state index is 11.4. The van der Waals surface area contributed by atoms with E-state index >= 15 is 0 Å². The molecule has 2 fully saturated rings. The van der Waals surface area contributed by atoms with Gasteiger partial charge in [-0.15, -0.1) is 10.2 Å². The lowest BCUT2D eigenvalue weighted by molar-refractivity contribution is -0.124. The maximum Gasteiger partial charge on any atom is 0.234 e. The van der Waals surface area contributed by atoms with E-state index in [1.807, 2.05) is 0 Å². The molecular formula is C12H18N4O2. The molecule has 1 aromatic heterocycles. The lowest BCUT2D eigenvalue weighted by Crippen LogP contribution is -2.47. The summed E-state index contributed by atoms with van der Waals surface area (Å²) in [6.45, 7) is 1.40. The van der Waals surface area contributed by atoms with Gasteiger partial charge in [0.25, 0.3) is 0 Å². The van der Waals surface area contributed by atoms with Crippen LogP contribution in [-0.2, 0) is 11.3 Å². The number of amides is 1. The van der Waals surface area contributed by atoms with E-state index in [0.29, 0.717) is 18.4 Å². The number of hydrogen-bond acceptors (Lipinski definition) is 5. The van der Waals surface area contributed by atoms with Gasteiger partial charge in [-0.2, -0.15) is 0 Å². The molecule has 0 bridgehead atoms. The van der Waals surface area contributed by atoms with Crippen molar-refractivity contribution in [3.63, 3.8) is 0 Å². The number of rotatable bonds is 4. The fourth-order valence-electron chi connectivity index (χ4n) is 2.50. The van der Waals surface area contributed by atoms with Gasteiger partial charge in [0.05, 0.1) is 12.6 Å². The van der Waals surface area contributed by atoms with Crippen LogP contribution in [0.25, 0.3) is 0 Å². The largest absolute Gasteiger partial charge is 0.424 e. The number of aromatic nitrogens is 2. The van der Waals surface area contributed by atoms with Crippen molar-refractivity contribution in [2.45, 2.75) is 50.6 Å². The minimum atomic E-state index is -0.253. The minimum absolute atomic E-state index is 0.185. The van der Waals surface area contributed by atoms with Gasteiger partial charge in [0.1, 0.15) is 0 Å². The number of primary amides is 1. The summed E-state index contributed by atoms with van der Waals surface area (Å²) in [7, 11) is 0. The first-order valence-corrected chi connectivity index (χ1v) is 6.59. The van der Waals surface area contributed by atoms with Gasteiger partial charge in [-0.25, -0.2) is 0 Å². The van der Waals surface area contributed by atoms with Gasteiger partial charge < -0.3 is 10.2 Å². The van der Waals surface area contributed by atoms with Crippen molar-refractivity contribution >= 4 is 5.91 Å². The topological polar surface area (TPSA) is 85.3 Å². The smallest absolute Gasteiger partial charge is 0.234 e. The molecule has 1 aliphatic heterocycles. The molecule has 98 valence electrons. The number of carbonyl (C=O) groups excluding carboxylic acids is 1. The molecule has 0 aromatic carbocycles. The van der Waals surface area contributed by atoms with Crippen molar-refractivity contribution < 1.29 is 9.21 Å². The lowest BCUT2D eigenvalue weighted by atomic mass is 10.0. The third-order valence-corrected chi connectivity index (χ3v) is 3.69. The predicted molar refractivity (Wildman–Crippen MR) is 63.5 cm³/mol. The Kier molecular flexibility index (Phi) is 3.03. The van der Waals surface area contributed by atoms with Crippen molar-refractivity contribution in [2.75, 3.05) is 6.54 Å². The van der Waals surface area contributed by atoms with Gasteiger partial charge in [0, 0.05) is 5.92 Å². The summed E-state index contributed by atoms with van der Waals surface area (Å²) in [5, 5.41) is 8.11. The second-order valence-corrected chi connectivity index (χ2v) is 5.19. The summed E-state index contributed by atoms with van der Waals surface area (Å²) < 4.78 is 5.62. The van der Waals surface area contributed by atoms with Crippen LogP contribution in [-0.4, -0.2) is 33.6 Å². The van der Waals surface area contributed by atoms with Crippen molar-refractivity contribution in [2.24, 2.45) is 5.73 Å². The number of hydrogen-bond donors (Lipinski definition) is 1. The Bertz CT molecular complexity index is 441. The average Bonchev–Trinajstić information content (AvgIpc) is 3.11. The van der Waals surface area contributed by atoms with Gasteiger partial charge in [-0.1, -0.05) is 6.42 Å². The molecule has 3 rings (SSSR count). The van der Waals surface area contributed by atoms with Crippen LogP contribution in [0.1, 0.15) is 49.8 Å². The highest BCUT2D eigenvalue weighted by Crippen LogP contribution is 2.39. The van der Waals surface area contributed by atoms with Crippen LogP contribution >= 0.6 is 0 Å². The first-order valence-electron chi connectivity index (χ1n) is 6.59. The quantitative estimate of drug-likeness (QED) is 0.853. The molecule has 1 atom stereocenters. The summed E-state index contributed by atoms with van der Waals surface area (Å²) in [5.41, 5.74) is 5.43. The Balaban J connectivity index is 1.67. The molecule has 1 aromatic rings. The van der Waals surface area contributed by atoms with Crippen LogP contribution in [0.5, 0.6) is 0 Å². The van der Waals surface area contributed by atoms with Gasteiger partial charge >= 0.3 is 0 Å². The maximum atomic E-state index is 11.4. The van der Waals surface area contributed by atoms with Gasteiger partial charge in [-0.05, 0) is 32.2 Å². The molecule has 1 saturated carbocycles. The van der Waals surface area contributed by atoms with E-state index in [-0.39, 0.29) is 11.9 Å². The van der Waals surface area contributed by atoms with Crippen molar-refractivity contribution in [3.05, 3.63) is 11.8 Å². The monoisotopic (exact) mass is 250 g/mol. The molecule has 6 nitrogen and oxygen atoms in total. The Morgan fingerprint density at radius 3 is 2.89 bits per heavy atom. The number of nitrogens with zero attached hydrogens (tertiary/aromatic N) is 3. The fraction of sp³-hybridized carbons (Fsp3) is 0.750. The molecule has 1 unspecified atom stereocenters. The number of nitrogens with two attached hydrogens (primary N) is 1. The SMILES string of the molecule is NC(=O)C1CCCCN1Cc1nnc(C2CC2)o1. The summed E-state index contributed by atoms with van der Waals surface area (Å²) in [4.78, 5) is 13.4. The molecule has 18 heavy (non-hydrogen) atoms. The zero-order valence-corrected chi connectivity index (χ0v) is 10.3.